The van der Waals surface area contributed by atoms with Crippen LogP contribution in [0.1, 0.15) is 12.8 Å². The first-order chi connectivity index (χ1) is 12.7. The molecule has 0 bridgehead atoms. The molecule has 0 N–H and O–H groups in total. The molecule has 0 saturated heterocycles. The van der Waals surface area contributed by atoms with Crippen molar-refractivity contribution in [3.63, 3.8) is 0 Å². The number of halogens is 1. The highest BCUT2D eigenvalue weighted by Crippen LogP contribution is 2.55. The molecule has 142 valence electrons. The standard InChI is InChI=1S/C24H29NP.ClH/c1-25(2)20-12-13-21-26(22-14-6-3-7-15-22,23-16-8-4-9-17-23)24-18-10-5-11-19-24;/h3-11,14-19H,12-13,20-21H2,1-2H3;1H/q+1;/p-1. The van der Waals surface area contributed by atoms with Crippen molar-refractivity contribution < 1.29 is 12.4 Å². The summed E-state index contributed by atoms with van der Waals surface area (Å²) in [4.78, 5) is 2.29. The Kier molecular flexibility index (Phi) is 8.51. The molecule has 0 saturated carbocycles. The topological polar surface area (TPSA) is 3.24 Å². The monoisotopic (exact) mass is 397 g/mol. The van der Waals surface area contributed by atoms with Crippen LogP contribution in [0.3, 0.4) is 0 Å². The van der Waals surface area contributed by atoms with Gasteiger partial charge in [0.15, 0.2) is 0 Å². The van der Waals surface area contributed by atoms with Crippen LogP contribution in [0.15, 0.2) is 91.0 Å². The van der Waals surface area contributed by atoms with Gasteiger partial charge < -0.3 is 17.3 Å². The van der Waals surface area contributed by atoms with Gasteiger partial charge in [0.2, 0.25) is 0 Å². The Bertz CT molecular complexity index is 679. The minimum absolute atomic E-state index is 0. The van der Waals surface area contributed by atoms with Crippen LogP contribution in [0, 0.1) is 0 Å². The molecule has 3 aromatic carbocycles. The maximum Gasteiger partial charge on any atom is 0.112 e. The molecule has 0 heterocycles. The van der Waals surface area contributed by atoms with Crippen LogP contribution in [-0.2, 0) is 0 Å². The molecule has 0 spiro atoms. The second-order valence-corrected chi connectivity index (χ2v) is 10.7. The largest absolute Gasteiger partial charge is 1.00 e. The van der Waals surface area contributed by atoms with Gasteiger partial charge in [0, 0.05) is 0 Å². The van der Waals surface area contributed by atoms with Gasteiger partial charge in [0.25, 0.3) is 0 Å². The van der Waals surface area contributed by atoms with Gasteiger partial charge in [-0.3, -0.25) is 0 Å². The Morgan fingerprint density at radius 1 is 0.593 bits per heavy atom. The second-order valence-electron chi connectivity index (χ2n) is 7.05. The van der Waals surface area contributed by atoms with E-state index in [9.17, 15) is 0 Å². The van der Waals surface area contributed by atoms with Crippen molar-refractivity contribution in [3.8, 4) is 0 Å². The predicted octanol–water partition coefficient (Wildman–Crippen LogP) is 1.33. The van der Waals surface area contributed by atoms with Gasteiger partial charge in [0.05, 0.1) is 6.16 Å². The molecule has 0 aromatic heterocycles. The zero-order chi connectivity index (χ0) is 18.2. The molecule has 0 radical (unpaired) electrons. The SMILES string of the molecule is CN(C)CCCC[P+](c1ccccc1)(c1ccccc1)c1ccccc1.[Cl-]. The van der Waals surface area contributed by atoms with Crippen molar-refractivity contribution >= 4 is 23.2 Å². The first-order valence-corrected chi connectivity index (χ1v) is 11.4. The molecule has 3 heteroatoms. The van der Waals surface area contributed by atoms with Crippen molar-refractivity contribution in [2.24, 2.45) is 0 Å². The maximum absolute atomic E-state index is 2.33. The Labute approximate surface area is 171 Å². The highest BCUT2D eigenvalue weighted by Gasteiger charge is 2.44. The number of hydrogen-bond acceptors (Lipinski definition) is 1. The summed E-state index contributed by atoms with van der Waals surface area (Å²) < 4.78 is 0. The summed E-state index contributed by atoms with van der Waals surface area (Å²) in [5, 5.41) is 4.46. The van der Waals surface area contributed by atoms with Gasteiger partial charge in [-0.1, -0.05) is 54.6 Å². The van der Waals surface area contributed by atoms with Crippen molar-refractivity contribution in [2.45, 2.75) is 12.8 Å². The Balaban J connectivity index is 0.00000261. The average molecular weight is 398 g/mol. The highest BCUT2D eigenvalue weighted by molar-refractivity contribution is 7.95. The van der Waals surface area contributed by atoms with E-state index >= 15 is 0 Å². The minimum atomic E-state index is -1.63. The molecule has 0 amide bonds. The van der Waals surface area contributed by atoms with Crippen LogP contribution in [0.4, 0.5) is 0 Å². The van der Waals surface area contributed by atoms with E-state index in [-0.39, 0.29) is 12.4 Å². The maximum atomic E-state index is 2.33. The first kappa shape index (κ1) is 21.6. The van der Waals surface area contributed by atoms with Gasteiger partial charge in [0.1, 0.15) is 23.2 Å². The molecule has 0 aliphatic carbocycles. The van der Waals surface area contributed by atoms with Crippen molar-refractivity contribution in [1.82, 2.24) is 4.90 Å². The van der Waals surface area contributed by atoms with Crippen LogP contribution in [0.25, 0.3) is 0 Å². The normalized spacial score (nSPS) is 11.2. The Morgan fingerprint density at radius 2 is 0.963 bits per heavy atom. The third kappa shape index (κ3) is 5.20. The Morgan fingerprint density at radius 3 is 1.30 bits per heavy atom. The first-order valence-electron chi connectivity index (χ1n) is 9.43. The molecule has 3 aromatic rings. The van der Waals surface area contributed by atoms with Crippen molar-refractivity contribution in [1.29, 1.82) is 0 Å². The van der Waals surface area contributed by atoms with Crippen LogP contribution >= 0.6 is 7.26 Å². The third-order valence-corrected chi connectivity index (χ3v) is 9.47. The number of rotatable bonds is 8. The second kappa shape index (κ2) is 10.6. The van der Waals surface area contributed by atoms with Gasteiger partial charge in [-0.05, 0) is 69.9 Å². The lowest BCUT2D eigenvalue weighted by atomic mass is 10.3. The van der Waals surface area contributed by atoms with Crippen LogP contribution in [0.2, 0.25) is 0 Å². The van der Waals surface area contributed by atoms with Gasteiger partial charge >= 0.3 is 0 Å². The van der Waals surface area contributed by atoms with E-state index in [1.54, 1.807) is 0 Å². The number of benzene rings is 3. The summed E-state index contributed by atoms with van der Waals surface area (Å²) >= 11 is 0. The van der Waals surface area contributed by atoms with Crippen LogP contribution in [-0.4, -0.2) is 31.7 Å². The molecule has 0 fully saturated rings. The quantitative estimate of drug-likeness (QED) is 0.409. The van der Waals surface area contributed by atoms with Gasteiger partial charge in [-0.2, -0.15) is 0 Å². The summed E-state index contributed by atoms with van der Waals surface area (Å²) in [6.45, 7) is 1.15. The molecule has 27 heavy (non-hydrogen) atoms. The van der Waals surface area contributed by atoms with Gasteiger partial charge in [-0.15, -0.1) is 0 Å². The summed E-state index contributed by atoms with van der Waals surface area (Å²) in [5.41, 5.74) is 0. The fourth-order valence-corrected chi connectivity index (χ4v) is 8.07. The summed E-state index contributed by atoms with van der Waals surface area (Å²) in [5.74, 6) is 0. The van der Waals surface area contributed by atoms with E-state index in [2.05, 4.69) is 110 Å². The van der Waals surface area contributed by atoms with E-state index in [1.165, 1.54) is 34.9 Å². The number of hydrogen-bond donors (Lipinski definition) is 0. The zero-order valence-electron chi connectivity index (χ0n) is 16.3. The van der Waals surface area contributed by atoms with Crippen molar-refractivity contribution in [3.05, 3.63) is 91.0 Å². The van der Waals surface area contributed by atoms with Gasteiger partial charge in [-0.25, -0.2) is 0 Å². The minimum Gasteiger partial charge on any atom is -1.00 e. The number of unbranched alkanes of at least 4 members (excludes halogenated alkanes) is 1. The Hall–Kier alpha value is -1.66. The fraction of sp³-hybridized carbons (Fsp3) is 0.250. The highest BCUT2D eigenvalue weighted by atomic mass is 35.5. The lowest BCUT2D eigenvalue weighted by Crippen LogP contribution is -3.00. The third-order valence-electron chi connectivity index (χ3n) is 4.94. The molecule has 1 nitrogen and oxygen atoms in total. The van der Waals surface area contributed by atoms with Crippen molar-refractivity contribution in [2.75, 3.05) is 26.8 Å². The van der Waals surface area contributed by atoms with E-state index in [4.69, 9.17) is 0 Å². The van der Waals surface area contributed by atoms with E-state index < -0.39 is 7.26 Å². The van der Waals surface area contributed by atoms with Crippen LogP contribution in [0.5, 0.6) is 0 Å². The van der Waals surface area contributed by atoms with E-state index in [1.807, 2.05) is 0 Å². The smallest absolute Gasteiger partial charge is 0.112 e. The lowest BCUT2D eigenvalue weighted by molar-refractivity contribution is -0.00000524. The summed E-state index contributed by atoms with van der Waals surface area (Å²) in [7, 11) is 2.69. The average Bonchev–Trinajstić information content (AvgIpc) is 2.70. The van der Waals surface area contributed by atoms with E-state index in [0.29, 0.717) is 0 Å². The van der Waals surface area contributed by atoms with Crippen LogP contribution < -0.4 is 28.3 Å². The molecular formula is C24H29ClNP. The molecule has 0 atom stereocenters. The lowest BCUT2D eigenvalue weighted by Gasteiger charge is -2.28. The summed E-state index contributed by atoms with van der Waals surface area (Å²) in [6, 6.07) is 33.5. The fourth-order valence-electron chi connectivity index (χ4n) is 3.66. The molecular weight excluding hydrogens is 369 g/mol. The van der Waals surface area contributed by atoms with E-state index in [0.717, 1.165) is 6.54 Å². The molecule has 0 aliphatic heterocycles. The molecule has 3 rings (SSSR count). The zero-order valence-corrected chi connectivity index (χ0v) is 17.9. The molecule has 0 unspecified atom stereocenters. The predicted molar refractivity (Wildman–Crippen MR) is 118 cm³/mol. The number of nitrogens with zero attached hydrogens (tertiary/aromatic N) is 1. The molecule has 0 aliphatic rings. The summed E-state index contributed by atoms with van der Waals surface area (Å²) in [6.07, 6.45) is 3.70.